The Bertz CT molecular complexity index is 1790. The van der Waals surface area contributed by atoms with Crippen LogP contribution < -0.4 is 19.7 Å². The Labute approximate surface area is 288 Å². The summed E-state index contributed by atoms with van der Waals surface area (Å²) in [4.78, 5) is 24.6. The number of benzene rings is 3. The first kappa shape index (κ1) is 34.4. The number of rotatable bonds is 8. The van der Waals surface area contributed by atoms with E-state index in [1.165, 1.54) is 17.7 Å². The van der Waals surface area contributed by atoms with Crippen LogP contribution in [0.1, 0.15) is 69.4 Å². The third-order valence-electron chi connectivity index (χ3n) is 9.12. The highest BCUT2D eigenvalue weighted by Gasteiger charge is 2.32. The molecule has 1 aromatic heterocycles. The van der Waals surface area contributed by atoms with Crippen molar-refractivity contribution in [3.05, 3.63) is 90.4 Å². The van der Waals surface area contributed by atoms with Crippen LogP contribution in [0.5, 0.6) is 11.5 Å². The standard InChI is InChI=1S/C37H40F3N5O3S/c1-23(2)32-20-31(47-4)15-16-34(32)45-24(3)17-18-49-36(45)43-35(46)42-28-10-9-27(19-28)25-5-7-26(8-6-25)33-21-44(22-41-33)29-11-13-30(14-12-29)48-37(38,39)40/h5-8,11-16,20-24,27-28H,9-10,17-19H2,1-4H3,(H,42,46). The minimum Gasteiger partial charge on any atom is -0.497 e. The molecule has 0 spiro atoms. The van der Waals surface area contributed by atoms with Gasteiger partial charge in [0.15, 0.2) is 5.17 Å². The van der Waals surface area contributed by atoms with E-state index in [-0.39, 0.29) is 29.8 Å². The number of hydrogen-bond acceptors (Lipinski definition) is 5. The highest BCUT2D eigenvalue weighted by molar-refractivity contribution is 8.14. The molecule has 2 heterocycles. The quantitative estimate of drug-likeness (QED) is 0.198. The molecule has 49 heavy (non-hydrogen) atoms. The van der Waals surface area contributed by atoms with Gasteiger partial charge < -0.3 is 24.3 Å². The molecule has 1 aliphatic carbocycles. The molecule has 8 nitrogen and oxygen atoms in total. The molecule has 3 aromatic carbocycles. The second kappa shape index (κ2) is 14.6. The van der Waals surface area contributed by atoms with E-state index in [0.29, 0.717) is 11.6 Å². The first-order valence-corrected chi connectivity index (χ1v) is 17.5. The van der Waals surface area contributed by atoms with Crippen LogP contribution in [0.4, 0.5) is 23.7 Å². The summed E-state index contributed by atoms with van der Waals surface area (Å²) in [6.07, 6.45) is 2.41. The van der Waals surface area contributed by atoms with Gasteiger partial charge in [-0.25, -0.2) is 9.78 Å². The molecular weight excluding hydrogens is 652 g/mol. The summed E-state index contributed by atoms with van der Waals surface area (Å²) in [5.74, 6) is 2.04. The summed E-state index contributed by atoms with van der Waals surface area (Å²) in [5.41, 5.74) is 5.77. The molecule has 258 valence electrons. The molecule has 1 aliphatic heterocycles. The van der Waals surface area contributed by atoms with Gasteiger partial charge in [-0.15, -0.1) is 13.2 Å². The minimum atomic E-state index is -4.73. The Balaban J connectivity index is 1.08. The van der Waals surface area contributed by atoms with E-state index >= 15 is 0 Å². The molecule has 1 saturated heterocycles. The number of alkyl halides is 3. The van der Waals surface area contributed by atoms with Crippen LogP contribution in [0.3, 0.4) is 0 Å². The van der Waals surface area contributed by atoms with Crippen molar-refractivity contribution in [2.75, 3.05) is 17.8 Å². The average Bonchev–Trinajstić information content (AvgIpc) is 3.75. The number of thioether (sulfide) groups is 1. The zero-order chi connectivity index (χ0) is 34.7. The van der Waals surface area contributed by atoms with Gasteiger partial charge in [-0.1, -0.05) is 49.9 Å². The van der Waals surface area contributed by atoms with E-state index < -0.39 is 6.36 Å². The van der Waals surface area contributed by atoms with Gasteiger partial charge in [0, 0.05) is 41.0 Å². The Morgan fingerprint density at radius 1 is 1.02 bits per heavy atom. The number of nitrogens with one attached hydrogen (secondary N) is 1. The van der Waals surface area contributed by atoms with E-state index in [1.54, 1.807) is 41.9 Å². The summed E-state index contributed by atoms with van der Waals surface area (Å²) in [6, 6.07) is 20.0. The number of hydrogen-bond donors (Lipinski definition) is 1. The number of amidine groups is 1. The van der Waals surface area contributed by atoms with Crippen LogP contribution in [0, 0.1) is 0 Å². The highest BCUT2D eigenvalue weighted by Crippen LogP contribution is 2.38. The Morgan fingerprint density at radius 3 is 2.45 bits per heavy atom. The maximum atomic E-state index is 13.3. The number of aliphatic imine (C=N–C) groups is 1. The van der Waals surface area contributed by atoms with Gasteiger partial charge in [0.25, 0.3) is 0 Å². The molecule has 0 radical (unpaired) electrons. The molecule has 2 amide bonds. The number of imidazole rings is 1. The number of nitrogens with zero attached hydrogens (tertiary/aromatic N) is 4. The second-order valence-electron chi connectivity index (χ2n) is 12.8. The van der Waals surface area contributed by atoms with E-state index in [1.807, 2.05) is 24.4 Å². The van der Waals surface area contributed by atoms with Crippen molar-refractivity contribution >= 4 is 28.6 Å². The molecule has 1 saturated carbocycles. The topological polar surface area (TPSA) is 81.0 Å². The third kappa shape index (κ3) is 8.24. The fourth-order valence-electron chi connectivity index (χ4n) is 6.54. The molecule has 12 heteroatoms. The lowest BCUT2D eigenvalue weighted by atomic mass is 9.96. The lowest BCUT2D eigenvalue weighted by molar-refractivity contribution is -0.274. The van der Waals surface area contributed by atoms with Crippen molar-refractivity contribution in [2.45, 2.75) is 76.7 Å². The highest BCUT2D eigenvalue weighted by atomic mass is 32.2. The zero-order valence-electron chi connectivity index (χ0n) is 27.9. The van der Waals surface area contributed by atoms with Crippen LogP contribution in [-0.2, 0) is 0 Å². The van der Waals surface area contributed by atoms with Gasteiger partial charge in [-0.2, -0.15) is 4.99 Å². The fraction of sp³-hybridized carbons (Fsp3) is 0.378. The number of amides is 2. The van der Waals surface area contributed by atoms with Crippen molar-refractivity contribution in [2.24, 2.45) is 4.99 Å². The number of anilines is 1. The first-order chi connectivity index (χ1) is 23.5. The number of urea groups is 1. The van der Waals surface area contributed by atoms with Gasteiger partial charge in [-0.05, 0) is 98.0 Å². The van der Waals surface area contributed by atoms with Crippen molar-refractivity contribution in [3.8, 4) is 28.4 Å². The molecule has 3 unspecified atom stereocenters. The van der Waals surface area contributed by atoms with Crippen LogP contribution in [-0.4, -0.2) is 52.1 Å². The molecule has 1 N–H and O–H groups in total. The lowest BCUT2D eigenvalue weighted by Crippen LogP contribution is -2.43. The predicted molar refractivity (Wildman–Crippen MR) is 188 cm³/mol. The van der Waals surface area contributed by atoms with Crippen molar-refractivity contribution in [3.63, 3.8) is 0 Å². The third-order valence-corrected chi connectivity index (χ3v) is 10.1. The summed E-state index contributed by atoms with van der Waals surface area (Å²) < 4.78 is 48.7. The molecule has 6 rings (SSSR count). The summed E-state index contributed by atoms with van der Waals surface area (Å²) in [6.45, 7) is 6.50. The Morgan fingerprint density at radius 2 is 1.76 bits per heavy atom. The van der Waals surface area contributed by atoms with Crippen LogP contribution in [0.15, 0.2) is 84.2 Å². The van der Waals surface area contributed by atoms with E-state index in [2.05, 4.69) is 70.0 Å². The number of halogens is 3. The van der Waals surface area contributed by atoms with Crippen LogP contribution in [0.25, 0.3) is 16.9 Å². The summed E-state index contributed by atoms with van der Waals surface area (Å²) in [7, 11) is 1.67. The Kier molecular flexibility index (Phi) is 10.2. The largest absolute Gasteiger partial charge is 0.573 e. The van der Waals surface area contributed by atoms with Crippen LogP contribution >= 0.6 is 11.8 Å². The van der Waals surface area contributed by atoms with Crippen molar-refractivity contribution < 1.29 is 27.4 Å². The van der Waals surface area contributed by atoms with E-state index in [9.17, 15) is 18.0 Å². The maximum Gasteiger partial charge on any atom is 0.573 e. The van der Waals surface area contributed by atoms with Gasteiger partial charge in [-0.3, -0.25) is 0 Å². The number of ether oxygens (including phenoxy) is 2. The number of carbonyl (C=O) groups is 1. The number of methoxy groups -OCH3 is 1. The minimum absolute atomic E-state index is 0.0387. The fourth-order valence-corrected chi connectivity index (χ4v) is 7.75. The van der Waals surface area contributed by atoms with Crippen molar-refractivity contribution in [1.29, 1.82) is 0 Å². The lowest BCUT2D eigenvalue weighted by Gasteiger charge is -2.37. The summed E-state index contributed by atoms with van der Waals surface area (Å²) >= 11 is 1.62. The predicted octanol–water partition coefficient (Wildman–Crippen LogP) is 9.30. The average molecular weight is 692 g/mol. The molecule has 2 aliphatic rings. The summed E-state index contributed by atoms with van der Waals surface area (Å²) in [5, 5.41) is 3.90. The van der Waals surface area contributed by atoms with Gasteiger partial charge in [0.1, 0.15) is 11.5 Å². The molecule has 2 fully saturated rings. The zero-order valence-corrected chi connectivity index (χ0v) is 28.7. The normalized spacial score (nSPS) is 20.5. The SMILES string of the molecule is COc1ccc(N2C(=NC(=O)NC3CCC(c4ccc(-c5cn(-c6ccc(OC(F)(F)F)cc6)cn5)cc4)C3)SCCC2C)c(C(C)C)c1. The number of aromatic nitrogens is 2. The van der Waals surface area contributed by atoms with E-state index in [0.717, 1.165) is 64.9 Å². The molecule has 0 bridgehead atoms. The second-order valence-corrected chi connectivity index (χ2v) is 13.9. The maximum absolute atomic E-state index is 13.3. The molecule has 3 atom stereocenters. The molecule has 4 aromatic rings. The smallest absolute Gasteiger partial charge is 0.497 e. The van der Waals surface area contributed by atoms with Gasteiger partial charge in [0.2, 0.25) is 0 Å². The monoisotopic (exact) mass is 691 g/mol. The van der Waals surface area contributed by atoms with Crippen molar-refractivity contribution in [1.82, 2.24) is 14.9 Å². The van der Waals surface area contributed by atoms with Crippen LogP contribution in [0.2, 0.25) is 0 Å². The van der Waals surface area contributed by atoms with E-state index in [4.69, 9.17) is 4.74 Å². The first-order valence-electron chi connectivity index (χ1n) is 16.5. The van der Waals surface area contributed by atoms with Gasteiger partial charge >= 0.3 is 12.4 Å². The van der Waals surface area contributed by atoms with Gasteiger partial charge in [0.05, 0.1) is 19.1 Å². The Hall–Kier alpha value is -4.45. The number of carbonyl (C=O) groups excluding carboxylic acids is 1. The molecular formula is C37H40F3N5O3S.